The van der Waals surface area contributed by atoms with Gasteiger partial charge in [-0.3, -0.25) is 4.79 Å². The molecule has 2 aromatic heterocycles. The summed E-state index contributed by atoms with van der Waals surface area (Å²) < 4.78 is 6.39. The smallest absolute Gasteiger partial charge is 0.300 e. The van der Waals surface area contributed by atoms with Gasteiger partial charge >= 0.3 is 0 Å². The molecule has 3 aromatic rings. The second kappa shape index (κ2) is 6.51. The van der Waals surface area contributed by atoms with Crippen LogP contribution in [0.25, 0.3) is 11.3 Å². The highest BCUT2D eigenvalue weighted by Crippen LogP contribution is 2.29. The van der Waals surface area contributed by atoms with Gasteiger partial charge in [-0.1, -0.05) is 46.3 Å². The molecule has 6 nitrogen and oxygen atoms in total. The van der Waals surface area contributed by atoms with Crippen LogP contribution >= 0.6 is 23.1 Å². The number of thiazole rings is 1. The fraction of sp³-hybridized carbons (Fsp3) is 0.200. The van der Waals surface area contributed by atoms with E-state index in [1.54, 1.807) is 0 Å². The zero-order valence-corrected chi connectivity index (χ0v) is 14.1. The Morgan fingerprint density at radius 1 is 1.39 bits per heavy atom. The fourth-order valence-electron chi connectivity index (χ4n) is 1.98. The van der Waals surface area contributed by atoms with Crippen LogP contribution in [0.1, 0.15) is 16.1 Å². The lowest BCUT2D eigenvalue weighted by molar-refractivity contribution is -0.741. The molecule has 0 spiro atoms. The molecule has 0 saturated carbocycles. The first-order valence-corrected chi connectivity index (χ1v) is 8.62. The highest BCUT2D eigenvalue weighted by atomic mass is 32.2. The minimum absolute atomic E-state index is 0.0483. The minimum Gasteiger partial charge on any atom is -0.539 e. The normalized spacial score (nSPS) is 10.9. The van der Waals surface area contributed by atoms with E-state index < -0.39 is 5.95 Å². The Bertz CT molecular complexity index is 821. The maximum absolute atomic E-state index is 12.1. The van der Waals surface area contributed by atoms with Crippen LogP contribution in [0.2, 0.25) is 0 Å². The van der Waals surface area contributed by atoms with Gasteiger partial charge < -0.3 is 9.63 Å². The molecule has 0 fully saturated rings. The third kappa shape index (κ3) is 3.43. The number of nitrogens with zero attached hydrogens (tertiary/aromatic N) is 3. The molecule has 0 aliphatic rings. The van der Waals surface area contributed by atoms with Crippen molar-refractivity contribution in [1.29, 1.82) is 0 Å². The largest absolute Gasteiger partial charge is 0.539 e. The molecule has 3 rings (SSSR count). The second-order valence-corrected chi connectivity index (χ2v) is 6.99. The average Bonchev–Trinajstić information content (AvgIpc) is 3.13. The van der Waals surface area contributed by atoms with Crippen LogP contribution < -0.4 is 9.79 Å². The summed E-state index contributed by atoms with van der Waals surface area (Å²) in [6, 6.07) is 8.11. The van der Waals surface area contributed by atoms with Crippen molar-refractivity contribution in [3.8, 4) is 17.2 Å². The number of benzene rings is 1. The van der Waals surface area contributed by atoms with Crippen LogP contribution in [-0.2, 0) is 7.05 Å². The summed E-state index contributed by atoms with van der Waals surface area (Å²) >= 11 is 2.77. The van der Waals surface area contributed by atoms with Crippen molar-refractivity contribution >= 4 is 28.9 Å². The molecule has 2 heterocycles. The van der Waals surface area contributed by atoms with Gasteiger partial charge in [-0.2, -0.15) is 0 Å². The highest BCUT2D eigenvalue weighted by Gasteiger charge is 2.23. The minimum atomic E-state index is -0.711. The molecule has 0 atom stereocenters. The lowest BCUT2D eigenvalue weighted by Gasteiger charge is -1.97. The molecule has 23 heavy (non-hydrogen) atoms. The summed E-state index contributed by atoms with van der Waals surface area (Å²) in [5, 5.41) is 16.8. The molecule has 0 N–H and O–H groups in total. The van der Waals surface area contributed by atoms with Crippen molar-refractivity contribution in [3.05, 3.63) is 40.9 Å². The van der Waals surface area contributed by atoms with Crippen LogP contribution in [0.5, 0.6) is 5.95 Å². The van der Waals surface area contributed by atoms with Gasteiger partial charge in [0.05, 0.1) is 16.7 Å². The zero-order chi connectivity index (χ0) is 16.4. The van der Waals surface area contributed by atoms with Crippen molar-refractivity contribution in [2.24, 2.45) is 7.05 Å². The lowest BCUT2D eigenvalue weighted by Crippen LogP contribution is -2.37. The van der Waals surface area contributed by atoms with Crippen molar-refractivity contribution < 1.29 is 19.1 Å². The Morgan fingerprint density at radius 2 is 2.13 bits per heavy atom. The maximum Gasteiger partial charge on any atom is 0.300 e. The number of aryl methyl sites for hydroxylation is 2. The van der Waals surface area contributed by atoms with E-state index in [0.717, 1.165) is 20.3 Å². The van der Waals surface area contributed by atoms with Crippen molar-refractivity contribution in [3.63, 3.8) is 0 Å². The van der Waals surface area contributed by atoms with Gasteiger partial charge in [-0.25, -0.2) is 4.98 Å². The maximum atomic E-state index is 12.1. The van der Waals surface area contributed by atoms with Crippen molar-refractivity contribution in [2.45, 2.75) is 11.3 Å². The first-order valence-electron chi connectivity index (χ1n) is 6.76. The Balaban J connectivity index is 1.68. The second-order valence-electron chi connectivity index (χ2n) is 4.91. The molecule has 0 aliphatic heterocycles. The Kier molecular flexibility index (Phi) is 4.44. The third-order valence-corrected chi connectivity index (χ3v) is 5.21. The lowest BCUT2D eigenvalue weighted by atomic mass is 10.1. The van der Waals surface area contributed by atoms with E-state index in [0.29, 0.717) is 0 Å². The van der Waals surface area contributed by atoms with Crippen LogP contribution in [-0.4, -0.2) is 21.8 Å². The Hall–Kier alpha value is -2.19. The van der Waals surface area contributed by atoms with Gasteiger partial charge in [0, 0.05) is 10.9 Å². The molecule has 8 heteroatoms. The van der Waals surface area contributed by atoms with Gasteiger partial charge in [-0.15, -0.1) is 11.3 Å². The first kappa shape index (κ1) is 15.7. The summed E-state index contributed by atoms with van der Waals surface area (Å²) in [4.78, 5) is 16.6. The number of thioether (sulfide) groups is 1. The monoisotopic (exact) mass is 347 g/mol. The summed E-state index contributed by atoms with van der Waals surface area (Å²) in [5.74, 6) is -0.918. The van der Waals surface area contributed by atoms with E-state index >= 15 is 0 Å². The van der Waals surface area contributed by atoms with E-state index in [1.165, 1.54) is 35.7 Å². The van der Waals surface area contributed by atoms with Crippen LogP contribution in [0.3, 0.4) is 0 Å². The SMILES string of the molecule is Cc1ccc(-c2csc(SCC(=O)c3c([O-])on[n+]3C)n2)cc1. The molecule has 0 radical (unpaired) electrons. The van der Waals surface area contributed by atoms with Gasteiger partial charge in [0.2, 0.25) is 5.78 Å². The van der Waals surface area contributed by atoms with Crippen LogP contribution in [0.15, 0.2) is 38.5 Å². The predicted octanol–water partition coefficient (Wildman–Crippen LogP) is 1.98. The number of Topliss-reactive ketones (excluding diaryl/α,β-unsaturated/α-hetero) is 1. The molecule has 0 unspecified atom stereocenters. The summed E-state index contributed by atoms with van der Waals surface area (Å²) in [5.41, 5.74) is 3.06. The van der Waals surface area contributed by atoms with E-state index in [4.69, 9.17) is 0 Å². The van der Waals surface area contributed by atoms with E-state index in [-0.39, 0.29) is 17.2 Å². The predicted molar refractivity (Wildman–Crippen MR) is 84.5 cm³/mol. The van der Waals surface area contributed by atoms with Gasteiger partial charge in [0.15, 0.2) is 17.3 Å². The quantitative estimate of drug-likeness (QED) is 0.399. The number of carbonyl (C=O) groups is 1. The van der Waals surface area contributed by atoms with Crippen molar-refractivity contribution in [1.82, 2.24) is 10.3 Å². The first-order chi connectivity index (χ1) is 11.0. The van der Waals surface area contributed by atoms with E-state index in [9.17, 15) is 9.90 Å². The average molecular weight is 347 g/mol. The van der Waals surface area contributed by atoms with Crippen LogP contribution in [0.4, 0.5) is 0 Å². The third-order valence-electron chi connectivity index (χ3n) is 3.18. The zero-order valence-electron chi connectivity index (χ0n) is 12.5. The molecule has 0 aliphatic carbocycles. The summed E-state index contributed by atoms with van der Waals surface area (Å²) in [6.45, 7) is 2.03. The molecule has 1 aromatic carbocycles. The molecule has 118 valence electrons. The molecule has 0 amide bonds. The summed E-state index contributed by atoms with van der Waals surface area (Å²) in [6.07, 6.45) is 0. The Morgan fingerprint density at radius 3 is 2.78 bits per heavy atom. The Labute approximate surface area is 140 Å². The number of hydrogen-bond donors (Lipinski definition) is 0. The number of rotatable bonds is 5. The van der Waals surface area contributed by atoms with Crippen LogP contribution in [0, 0.1) is 6.92 Å². The topological polar surface area (TPSA) is 82.9 Å². The van der Waals surface area contributed by atoms with E-state index in [2.05, 4.69) is 14.8 Å². The molecular weight excluding hydrogens is 334 g/mol. The number of aromatic nitrogens is 3. The van der Waals surface area contributed by atoms with Gasteiger partial charge in [-0.05, 0) is 6.92 Å². The molecular formula is C15H13N3O3S2. The van der Waals surface area contributed by atoms with Crippen molar-refractivity contribution in [2.75, 3.05) is 5.75 Å². The molecule has 0 saturated heterocycles. The number of ketones is 1. The van der Waals surface area contributed by atoms with Gasteiger partial charge in [0.25, 0.3) is 5.69 Å². The number of hydrogen-bond acceptors (Lipinski definition) is 7. The molecule has 0 bridgehead atoms. The standard InChI is InChI=1S/C15H13N3O3S2/c1-9-3-5-10(6-4-9)11-7-22-15(16-11)23-8-12(19)13-14(20)21-17-18(13)2/h3-7H,8H2,1-2H3. The fourth-order valence-corrected chi connectivity index (χ4v) is 3.68. The number of carbonyl (C=O) groups excluding carboxylic acids is 1. The van der Waals surface area contributed by atoms with Gasteiger partial charge in [0.1, 0.15) is 0 Å². The van der Waals surface area contributed by atoms with E-state index in [1.807, 2.05) is 36.6 Å². The highest BCUT2D eigenvalue weighted by molar-refractivity contribution is 8.01. The summed E-state index contributed by atoms with van der Waals surface area (Å²) in [7, 11) is 1.50.